The molecule has 0 amide bonds. The molecule has 2 heteroatoms. The van der Waals surface area contributed by atoms with Gasteiger partial charge in [0, 0.05) is 0 Å². The SMILES string of the molecule is CC1O[C@H](C(C)C)[C@@H](C(C)C)O1. The largest absolute Gasteiger partial charge is 0.347 e. The second-order valence-corrected chi connectivity index (χ2v) is 4.26. The fourth-order valence-corrected chi connectivity index (χ4v) is 1.70. The molecule has 1 aliphatic rings. The quantitative estimate of drug-likeness (QED) is 0.637. The van der Waals surface area contributed by atoms with Crippen LogP contribution in [0, 0.1) is 11.8 Å². The highest BCUT2D eigenvalue weighted by Crippen LogP contribution is 2.29. The van der Waals surface area contributed by atoms with Crippen LogP contribution in [0.2, 0.25) is 0 Å². The van der Waals surface area contributed by atoms with Crippen LogP contribution in [0.25, 0.3) is 0 Å². The minimum absolute atomic E-state index is 0.0233. The highest BCUT2D eigenvalue weighted by Gasteiger charge is 2.37. The molecule has 0 bridgehead atoms. The van der Waals surface area contributed by atoms with Gasteiger partial charge < -0.3 is 9.47 Å². The number of rotatable bonds is 2. The van der Waals surface area contributed by atoms with E-state index in [2.05, 4.69) is 27.7 Å². The Morgan fingerprint density at radius 1 is 0.833 bits per heavy atom. The molecule has 1 heterocycles. The van der Waals surface area contributed by atoms with Gasteiger partial charge in [0.2, 0.25) is 0 Å². The normalized spacial score (nSPS) is 32.2. The van der Waals surface area contributed by atoms with Gasteiger partial charge in [0.1, 0.15) is 0 Å². The van der Waals surface area contributed by atoms with Crippen molar-refractivity contribution in [3.63, 3.8) is 0 Å². The van der Waals surface area contributed by atoms with Crippen LogP contribution in [0.3, 0.4) is 0 Å². The molecule has 0 radical (unpaired) electrons. The Bertz CT molecular complexity index is 127. The molecule has 0 aromatic carbocycles. The molecule has 1 aliphatic heterocycles. The summed E-state index contributed by atoms with van der Waals surface area (Å²) in [5.74, 6) is 1.09. The molecular weight excluding hydrogens is 152 g/mol. The topological polar surface area (TPSA) is 18.5 Å². The maximum atomic E-state index is 5.67. The van der Waals surface area contributed by atoms with Crippen LogP contribution in [0.4, 0.5) is 0 Å². The summed E-state index contributed by atoms with van der Waals surface area (Å²) in [6.07, 6.45) is 0.532. The van der Waals surface area contributed by atoms with Crippen molar-refractivity contribution in [1.29, 1.82) is 0 Å². The first kappa shape index (κ1) is 10.0. The average Bonchev–Trinajstić information content (AvgIpc) is 2.31. The van der Waals surface area contributed by atoms with Crippen molar-refractivity contribution >= 4 is 0 Å². The predicted molar refractivity (Wildman–Crippen MR) is 48.9 cm³/mol. The van der Waals surface area contributed by atoms with E-state index in [1.807, 2.05) is 6.92 Å². The summed E-state index contributed by atoms with van der Waals surface area (Å²) in [5, 5.41) is 0. The number of hydrogen-bond donors (Lipinski definition) is 0. The van der Waals surface area contributed by atoms with Gasteiger partial charge in [0.05, 0.1) is 12.2 Å². The van der Waals surface area contributed by atoms with Crippen LogP contribution in [0.1, 0.15) is 34.6 Å². The summed E-state index contributed by atoms with van der Waals surface area (Å²) in [4.78, 5) is 0. The van der Waals surface area contributed by atoms with E-state index in [4.69, 9.17) is 9.47 Å². The molecule has 0 aromatic rings. The zero-order valence-electron chi connectivity index (χ0n) is 8.70. The molecule has 0 N–H and O–H groups in total. The van der Waals surface area contributed by atoms with E-state index in [0.717, 1.165) is 0 Å². The summed E-state index contributed by atoms with van der Waals surface area (Å²) in [6.45, 7) is 10.7. The van der Waals surface area contributed by atoms with Crippen molar-refractivity contribution in [3.8, 4) is 0 Å². The summed E-state index contributed by atoms with van der Waals surface area (Å²) < 4.78 is 11.3. The predicted octanol–water partition coefficient (Wildman–Crippen LogP) is 2.43. The Morgan fingerprint density at radius 3 is 1.42 bits per heavy atom. The number of hydrogen-bond acceptors (Lipinski definition) is 2. The van der Waals surface area contributed by atoms with Gasteiger partial charge >= 0.3 is 0 Å². The second-order valence-electron chi connectivity index (χ2n) is 4.26. The lowest BCUT2D eigenvalue weighted by Crippen LogP contribution is -2.31. The highest BCUT2D eigenvalue weighted by molar-refractivity contribution is 4.81. The molecule has 0 aliphatic carbocycles. The van der Waals surface area contributed by atoms with Gasteiger partial charge in [0.25, 0.3) is 0 Å². The zero-order valence-corrected chi connectivity index (χ0v) is 8.70. The fraction of sp³-hybridized carbons (Fsp3) is 1.00. The molecule has 1 rings (SSSR count). The van der Waals surface area contributed by atoms with Crippen molar-refractivity contribution in [3.05, 3.63) is 0 Å². The Labute approximate surface area is 75.2 Å². The molecule has 0 unspecified atom stereocenters. The van der Waals surface area contributed by atoms with Gasteiger partial charge in [-0.1, -0.05) is 27.7 Å². The van der Waals surface area contributed by atoms with Crippen LogP contribution in [-0.4, -0.2) is 18.5 Å². The van der Waals surface area contributed by atoms with Gasteiger partial charge in [-0.05, 0) is 18.8 Å². The Balaban J connectivity index is 2.59. The molecular formula is C10H20O2. The minimum Gasteiger partial charge on any atom is -0.347 e. The van der Waals surface area contributed by atoms with E-state index < -0.39 is 0 Å². The summed E-state index contributed by atoms with van der Waals surface area (Å²) >= 11 is 0. The van der Waals surface area contributed by atoms with Crippen LogP contribution >= 0.6 is 0 Å². The third kappa shape index (κ3) is 1.99. The molecule has 0 spiro atoms. The molecule has 1 fully saturated rings. The fourth-order valence-electron chi connectivity index (χ4n) is 1.70. The first-order valence-electron chi connectivity index (χ1n) is 4.83. The number of ether oxygens (including phenoxy) is 2. The van der Waals surface area contributed by atoms with E-state index in [0.29, 0.717) is 11.8 Å². The maximum Gasteiger partial charge on any atom is 0.155 e. The third-order valence-electron chi connectivity index (χ3n) is 2.34. The minimum atomic E-state index is -0.0233. The first-order chi connectivity index (χ1) is 5.52. The van der Waals surface area contributed by atoms with E-state index >= 15 is 0 Å². The lowest BCUT2D eigenvalue weighted by molar-refractivity contribution is -0.0589. The molecule has 12 heavy (non-hydrogen) atoms. The van der Waals surface area contributed by atoms with Gasteiger partial charge in [-0.15, -0.1) is 0 Å². The second kappa shape index (κ2) is 3.75. The van der Waals surface area contributed by atoms with Crippen LogP contribution in [0.5, 0.6) is 0 Å². The molecule has 72 valence electrons. The van der Waals surface area contributed by atoms with Crippen LogP contribution in [-0.2, 0) is 9.47 Å². The van der Waals surface area contributed by atoms with Gasteiger partial charge in [0.15, 0.2) is 6.29 Å². The summed E-state index contributed by atoms with van der Waals surface area (Å²) in [5.41, 5.74) is 0. The maximum absolute atomic E-state index is 5.67. The molecule has 2 nitrogen and oxygen atoms in total. The van der Waals surface area contributed by atoms with E-state index in [1.54, 1.807) is 0 Å². The average molecular weight is 172 g/mol. The lowest BCUT2D eigenvalue weighted by atomic mass is 9.94. The van der Waals surface area contributed by atoms with Crippen LogP contribution in [0.15, 0.2) is 0 Å². The lowest BCUT2D eigenvalue weighted by Gasteiger charge is -2.22. The first-order valence-corrected chi connectivity index (χ1v) is 4.83. The van der Waals surface area contributed by atoms with E-state index in [9.17, 15) is 0 Å². The Hall–Kier alpha value is -0.0800. The van der Waals surface area contributed by atoms with Gasteiger partial charge in [-0.3, -0.25) is 0 Å². The van der Waals surface area contributed by atoms with Crippen molar-refractivity contribution in [2.24, 2.45) is 11.8 Å². The standard InChI is InChI=1S/C10H20O2/c1-6(2)9-10(7(3)4)12-8(5)11-9/h6-10H,1-5H3/t9-,10-/m1/s1. The van der Waals surface area contributed by atoms with Crippen molar-refractivity contribution in [2.75, 3.05) is 0 Å². The van der Waals surface area contributed by atoms with Crippen LogP contribution < -0.4 is 0 Å². The van der Waals surface area contributed by atoms with E-state index in [-0.39, 0.29) is 18.5 Å². The Morgan fingerprint density at radius 2 is 1.17 bits per heavy atom. The molecule has 0 saturated carbocycles. The summed E-state index contributed by atoms with van der Waals surface area (Å²) in [6, 6.07) is 0. The Kier molecular flexibility index (Phi) is 3.13. The van der Waals surface area contributed by atoms with Crippen molar-refractivity contribution < 1.29 is 9.47 Å². The van der Waals surface area contributed by atoms with Gasteiger partial charge in [-0.2, -0.15) is 0 Å². The molecule has 2 atom stereocenters. The zero-order chi connectivity index (χ0) is 9.30. The molecule has 0 aromatic heterocycles. The van der Waals surface area contributed by atoms with E-state index in [1.165, 1.54) is 0 Å². The van der Waals surface area contributed by atoms with Crippen molar-refractivity contribution in [1.82, 2.24) is 0 Å². The smallest absolute Gasteiger partial charge is 0.155 e. The molecule has 1 saturated heterocycles. The summed E-state index contributed by atoms with van der Waals surface area (Å²) in [7, 11) is 0. The van der Waals surface area contributed by atoms with Gasteiger partial charge in [-0.25, -0.2) is 0 Å². The van der Waals surface area contributed by atoms with Crippen molar-refractivity contribution in [2.45, 2.75) is 53.1 Å². The highest BCUT2D eigenvalue weighted by atomic mass is 16.7. The third-order valence-corrected chi connectivity index (χ3v) is 2.34. The monoisotopic (exact) mass is 172 g/mol.